The molecular formula is C21H26O3. The number of carboxylic acids is 1. The molecule has 0 amide bonds. The number of hydrogen-bond donors (Lipinski definition) is 2. The van der Waals surface area contributed by atoms with Crippen molar-refractivity contribution in [3.8, 4) is 5.75 Å². The summed E-state index contributed by atoms with van der Waals surface area (Å²) in [7, 11) is 0. The Balaban J connectivity index is 2.84. The van der Waals surface area contributed by atoms with Crippen molar-refractivity contribution in [2.45, 2.75) is 52.4 Å². The molecule has 0 aliphatic heterocycles. The quantitative estimate of drug-likeness (QED) is 0.832. The second kappa shape index (κ2) is 5.97. The van der Waals surface area contributed by atoms with Gasteiger partial charge in [-0.3, -0.25) is 0 Å². The van der Waals surface area contributed by atoms with Gasteiger partial charge in [0.05, 0.1) is 0 Å². The highest BCUT2D eigenvalue weighted by Gasteiger charge is 2.33. The Hall–Kier alpha value is -2.29. The summed E-state index contributed by atoms with van der Waals surface area (Å²) in [5.41, 5.74) is 2.51. The van der Waals surface area contributed by atoms with Crippen LogP contribution in [0, 0.1) is 6.92 Å². The van der Waals surface area contributed by atoms with Crippen molar-refractivity contribution >= 4 is 5.97 Å². The molecule has 0 fully saturated rings. The maximum Gasteiger partial charge on any atom is 0.339 e. The van der Waals surface area contributed by atoms with Crippen molar-refractivity contribution in [3.63, 3.8) is 0 Å². The Labute approximate surface area is 144 Å². The smallest absolute Gasteiger partial charge is 0.339 e. The van der Waals surface area contributed by atoms with E-state index in [1.165, 1.54) is 0 Å². The third-order valence-corrected chi connectivity index (χ3v) is 4.75. The molecule has 3 nitrogen and oxygen atoms in total. The van der Waals surface area contributed by atoms with Crippen molar-refractivity contribution in [1.29, 1.82) is 0 Å². The third-order valence-electron chi connectivity index (χ3n) is 4.75. The number of carbonyl (C=O) groups is 1. The van der Waals surface area contributed by atoms with Crippen LogP contribution in [0.1, 0.15) is 67.2 Å². The average Bonchev–Trinajstić information content (AvgIpc) is 2.46. The minimum atomic E-state index is -1.10. The molecule has 0 spiro atoms. The van der Waals surface area contributed by atoms with Crippen LogP contribution in [0.4, 0.5) is 0 Å². The van der Waals surface area contributed by atoms with Gasteiger partial charge < -0.3 is 10.2 Å². The molecule has 0 atom stereocenters. The van der Waals surface area contributed by atoms with Gasteiger partial charge in [0.1, 0.15) is 11.3 Å². The number of hydrogen-bond acceptors (Lipinski definition) is 2. The van der Waals surface area contributed by atoms with Crippen LogP contribution in [0.25, 0.3) is 0 Å². The lowest BCUT2D eigenvalue weighted by Gasteiger charge is -2.31. The van der Waals surface area contributed by atoms with E-state index in [-0.39, 0.29) is 16.7 Å². The molecule has 0 aliphatic rings. The van der Waals surface area contributed by atoms with Gasteiger partial charge in [-0.05, 0) is 29.0 Å². The van der Waals surface area contributed by atoms with E-state index in [1.54, 1.807) is 6.92 Å². The fourth-order valence-electron chi connectivity index (χ4n) is 3.30. The number of aromatic carboxylic acids is 1. The van der Waals surface area contributed by atoms with Crippen LogP contribution in [0.5, 0.6) is 5.75 Å². The maximum absolute atomic E-state index is 11.8. The first-order chi connectivity index (χ1) is 11.0. The van der Waals surface area contributed by atoms with Crippen LogP contribution in [0.15, 0.2) is 36.4 Å². The monoisotopic (exact) mass is 326 g/mol. The molecule has 2 N–H and O–H groups in total. The van der Waals surface area contributed by atoms with Gasteiger partial charge in [-0.1, -0.05) is 71.0 Å². The van der Waals surface area contributed by atoms with E-state index in [0.29, 0.717) is 11.1 Å². The molecule has 0 aromatic heterocycles. The minimum Gasteiger partial charge on any atom is -0.507 e. The van der Waals surface area contributed by atoms with Gasteiger partial charge in [-0.15, -0.1) is 0 Å². The molecule has 0 saturated heterocycles. The van der Waals surface area contributed by atoms with E-state index in [0.717, 1.165) is 11.1 Å². The fraction of sp³-hybridized carbons (Fsp3) is 0.381. The maximum atomic E-state index is 11.8. The normalized spacial score (nSPS) is 12.2. The van der Waals surface area contributed by atoms with Gasteiger partial charge in [-0.25, -0.2) is 4.79 Å². The van der Waals surface area contributed by atoms with E-state index in [4.69, 9.17) is 0 Å². The predicted octanol–water partition coefficient (Wildman–Crippen LogP) is 5.02. The number of rotatable bonds is 3. The molecule has 0 heterocycles. The number of phenols is 1. The van der Waals surface area contributed by atoms with E-state index in [9.17, 15) is 15.0 Å². The van der Waals surface area contributed by atoms with Gasteiger partial charge in [0.15, 0.2) is 0 Å². The number of aromatic hydroxyl groups is 1. The highest BCUT2D eigenvalue weighted by molar-refractivity contribution is 5.94. The minimum absolute atomic E-state index is 0.00133. The van der Waals surface area contributed by atoms with E-state index < -0.39 is 11.4 Å². The predicted molar refractivity (Wildman–Crippen MR) is 97.1 cm³/mol. The van der Waals surface area contributed by atoms with Crippen LogP contribution >= 0.6 is 0 Å². The van der Waals surface area contributed by atoms with E-state index in [1.807, 2.05) is 50.2 Å². The lowest BCUT2D eigenvalue weighted by Crippen LogP contribution is -2.23. The topological polar surface area (TPSA) is 57.5 Å². The van der Waals surface area contributed by atoms with Gasteiger partial charge in [0.2, 0.25) is 0 Å². The summed E-state index contributed by atoms with van der Waals surface area (Å²) in [4.78, 5) is 11.8. The van der Waals surface area contributed by atoms with Gasteiger partial charge >= 0.3 is 5.97 Å². The van der Waals surface area contributed by atoms with Crippen molar-refractivity contribution in [1.82, 2.24) is 0 Å². The molecule has 0 unspecified atom stereocenters. The zero-order valence-electron chi connectivity index (χ0n) is 15.3. The molecule has 0 radical (unpaired) electrons. The lowest BCUT2D eigenvalue weighted by atomic mass is 9.73. The Kier molecular flexibility index (Phi) is 4.49. The van der Waals surface area contributed by atoms with Gasteiger partial charge in [-0.2, -0.15) is 0 Å². The Bertz CT molecular complexity index is 766. The summed E-state index contributed by atoms with van der Waals surface area (Å²) < 4.78 is 0. The first-order valence-corrected chi connectivity index (χ1v) is 8.14. The molecular weight excluding hydrogens is 300 g/mol. The van der Waals surface area contributed by atoms with E-state index in [2.05, 4.69) is 20.8 Å². The fourth-order valence-corrected chi connectivity index (χ4v) is 3.30. The Morgan fingerprint density at radius 2 is 1.50 bits per heavy atom. The first kappa shape index (κ1) is 18.1. The Morgan fingerprint density at radius 1 is 0.958 bits per heavy atom. The van der Waals surface area contributed by atoms with Crippen molar-refractivity contribution in [2.24, 2.45) is 0 Å². The number of carboxylic acid groups (broad SMARTS) is 1. The van der Waals surface area contributed by atoms with Crippen molar-refractivity contribution < 1.29 is 15.0 Å². The largest absolute Gasteiger partial charge is 0.507 e. The molecule has 0 aliphatic carbocycles. The second-order valence-corrected chi connectivity index (χ2v) is 7.87. The lowest BCUT2D eigenvalue weighted by molar-refractivity contribution is 0.0692. The zero-order valence-corrected chi connectivity index (χ0v) is 15.3. The van der Waals surface area contributed by atoms with Gasteiger partial charge in [0, 0.05) is 11.0 Å². The molecule has 128 valence electrons. The standard InChI is InChI=1S/C21H26O3/c1-13-15(20(2,3)4)12-16(18(22)17(13)19(23)24)21(5,6)14-10-8-7-9-11-14/h7-12,22H,1-6H3,(H,23,24). The van der Waals surface area contributed by atoms with Crippen molar-refractivity contribution in [3.05, 3.63) is 64.2 Å². The average molecular weight is 326 g/mol. The summed E-state index contributed by atoms with van der Waals surface area (Å²) in [5, 5.41) is 20.4. The summed E-state index contributed by atoms with van der Waals surface area (Å²) in [6.45, 7) is 11.9. The second-order valence-electron chi connectivity index (χ2n) is 7.87. The van der Waals surface area contributed by atoms with Crippen LogP contribution < -0.4 is 0 Å². The molecule has 2 aromatic carbocycles. The van der Waals surface area contributed by atoms with Gasteiger partial charge in [0.25, 0.3) is 0 Å². The summed E-state index contributed by atoms with van der Waals surface area (Å²) in [5.74, 6) is -1.23. The van der Waals surface area contributed by atoms with E-state index >= 15 is 0 Å². The van der Waals surface area contributed by atoms with Crippen LogP contribution in [0.2, 0.25) is 0 Å². The molecule has 2 aromatic rings. The molecule has 0 bridgehead atoms. The Morgan fingerprint density at radius 3 is 1.96 bits per heavy atom. The molecule has 24 heavy (non-hydrogen) atoms. The first-order valence-electron chi connectivity index (χ1n) is 8.14. The molecule has 2 rings (SSSR count). The zero-order chi connectivity index (χ0) is 18.3. The third kappa shape index (κ3) is 3.03. The number of benzene rings is 2. The summed E-state index contributed by atoms with van der Waals surface area (Å²) in [6, 6.07) is 11.8. The van der Waals surface area contributed by atoms with Crippen LogP contribution in [-0.4, -0.2) is 16.2 Å². The molecule has 0 saturated carbocycles. The molecule has 3 heteroatoms. The highest BCUT2D eigenvalue weighted by atomic mass is 16.4. The SMILES string of the molecule is Cc1c(C(C)(C)C)cc(C(C)(C)c2ccccc2)c(O)c1C(=O)O. The van der Waals surface area contributed by atoms with Crippen molar-refractivity contribution in [2.75, 3.05) is 0 Å². The van der Waals surface area contributed by atoms with Crippen LogP contribution in [-0.2, 0) is 10.8 Å². The summed E-state index contributed by atoms with van der Waals surface area (Å²) in [6.07, 6.45) is 0. The summed E-state index contributed by atoms with van der Waals surface area (Å²) >= 11 is 0. The highest BCUT2D eigenvalue weighted by Crippen LogP contribution is 2.43. The van der Waals surface area contributed by atoms with Crippen LogP contribution in [0.3, 0.4) is 0 Å².